The second-order valence-corrected chi connectivity index (χ2v) is 16.3. The van der Waals surface area contributed by atoms with Crippen molar-refractivity contribution in [1.82, 2.24) is 0 Å². The fraction of sp³-hybridized carbons (Fsp3) is 0. The topological polar surface area (TPSA) is 12.4 Å². The van der Waals surface area contributed by atoms with Crippen molar-refractivity contribution in [2.75, 3.05) is 0 Å². The van der Waals surface area contributed by atoms with Gasteiger partial charge in [-0.05, 0) is 0 Å². The molecule has 40 heavy (non-hydrogen) atoms. The van der Waals surface area contributed by atoms with Crippen LogP contribution in [-0.4, -0.2) is 0 Å². The summed E-state index contributed by atoms with van der Waals surface area (Å²) in [7, 11) is -5.42. The maximum absolute atomic E-state index is 6.41. The normalized spacial score (nSPS) is 11.7. The average Bonchev–Trinajstić information content (AvgIpc) is 3.04. The summed E-state index contributed by atoms with van der Waals surface area (Å²) in [4.78, 5) is 0. The third kappa shape index (κ3) is 5.10. The van der Waals surface area contributed by atoms with E-state index in [1.54, 1.807) is 0 Å². The van der Waals surface area contributed by atoms with Crippen LogP contribution in [0.4, 0.5) is 0 Å². The number of rotatable bonds is 7. The van der Waals surface area contributed by atoms with Crippen LogP contribution < -0.4 is 31.8 Å². The van der Waals surface area contributed by atoms with Gasteiger partial charge in [0, 0.05) is 0 Å². The molecule has 0 saturated heterocycles. The molecule has 0 aromatic heterocycles. The fourth-order valence-corrected chi connectivity index (χ4v) is 15.8. The van der Waals surface area contributed by atoms with Crippen LogP contribution in [0.3, 0.4) is 0 Å². The molecule has 0 heterocycles. The second-order valence-electron chi connectivity index (χ2n) is 9.55. The molecule has 4 heteroatoms. The number of nitrogens with zero attached hydrogens (tertiary/aromatic N) is 1. The van der Waals surface area contributed by atoms with E-state index >= 15 is 0 Å². The van der Waals surface area contributed by atoms with E-state index in [9.17, 15) is 0 Å². The Bertz CT molecular complexity index is 1480. The number of halogens is 1. The van der Waals surface area contributed by atoms with Gasteiger partial charge in [0.2, 0.25) is 0 Å². The molecule has 0 atom stereocenters. The summed E-state index contributed by atoms with van der Waals surface area (Å²) in [5, 5.41) is 7.66. The van der Waals surface area contributed by atoms with Crippen molar-refractivity contribution < 1.29 is 0 Å². The van der Waals surface area contributed by atoms with E-state index in [1.807, 2.05) is 0 Å². The molecule has 0 aliphatic heterocycles. The van der Waals surface area contributed by atoms with Gasteiger partial charge in [0.05, 0.1) is 0 Å². The molecular weight excluding hydrogens is 544 g/mol. The summed E-state index contributed by atoms with van der Waals surface area (Å²) in [6.07, 6.45) is 0. The molecule has 0 aliphatic carbocycles. The SMILES string of the molecule is Cl.c1ccc(P(=N[PH](c2ccccc2)(c2ccccc2)c2ccccc2)(c2ccccc2)c2ccccc2)cc1. The molecule has 0 N–H and O–H groups in total. The van der Waals surface area contributed by atoms with Crippen LogP contribution in [0.2, 0.25) is 0 Å². The Labute approximate surface area is 244 Å². The van der Waals surface area contributed by atoms with E-state index < -0.39 is 14.5 Å². The quantitative estimate of drug-likeness (QED) is 0.178. The molecule has 6 rings (SSSR count). The minimum atomic E-state index is -2.93. The van der Waals surface area contributed by atoms with Gasteiger partial charge in [0.1, 0.15) is 0 Å². The summed E-state index contributed by atoms with van der Waals surface area (Å²) in [6, 6.07) is 65.8. The summed E-state index contributed by atoms with van der Waals surface area (Å²) in [5.74, 6) is 0. The summed E-state index contributed by atoms with van der Waals surface area (Å²) < 4.78 is 6.41. The van der Waals surface area contributed by atoms with E-state index in [0.29, 0.717) is 0 Å². The average molecular weight is 576 g/mol. The van der Waals surface area contributed by atoms with Gasteiger partial charge in [-0.2, -0.15) is 0 Å². The van der Waals surface area contributed by atoms with Crippen molar-refractivity contribution in [3.63, 3.8) is 0 Å². The number of hydrogen-bond acceptors (Lipinski definition) is 1. The predicted molar refractivity (Wildman–Crippen MR) is 181 cm³/mol. The number of hydrogen-bond donors (Lipinski definition) is 0. The van der Waals surface area contributed by atoms with Gasteiger partial charge in [0.25, 0.3) is 0 Å². The molecule has 0 bridgehead atoms. The van der Waals surface area contributed by atoms with Gasteiger partial charge in [-0.3, -0.25) is 0 Å². The van der Waals surface area contributed by atoms with Gasteiger partial charge in [0.15, 0.2) is 0 Å². The summed E-state index contributed by atoms with van der Waals surface area (Å²) >= 11 is 0. The molecule has 0 saturated carbocycles. The molecule has 0 aliphatic rings. The van der Waals surface area contributed by atoms with Crippen LogP contribution >= 0.6 is 26.9 Å². The summed E-state index contributed by atoms with van der Waals surface area (Å²) in [5.41, 5.74) is 0. The van der Waals surface area contributed by atoms with Crippen LogP contribution in [0.1, 0.15) is 0 Å². The third-order valence-electron chi connectivity index (χ3n) is 7.26. The molecule has 198 valence electrons. The van der Waals surface area contributed by atoms with Crippen LogP contribution in [0.15, 0.2) is 187 Å². The first-order valence-electron chi connectivity index (χ1n) is 13.3. The molecule has 0 fully saturated rings. The number of benzene rings is 6. The van der Waals surface area contributed by atoms with Gasteiger partial charge in [-0.1, -0.05) is 0 Å². The second kappa shape index (κ2) is 12.6. The zero-order chi connectivity index (χ0) is 26.4. The molecular formula is C36H32ClNP2. The predicted octanol–water partition coefficient (Wildman–Crippen LogP) is 7.23. The molecule has 6 aromatic rings. The zero-order valence-corrected chi connectivity index (χ0v) is 24.8. The minimum absolute atomic E-state index is 0. The maximum atomic E-state index is 6.41. The summed E-state index contributed by atoms with van der Waals surface area (Å²) in [6.45, 7) is 0. The molecule has 0 amide bonds. The standard InChI is InChI=1S/C36H31NP2.ClH/c1-7-19-31(20-8-1)38(32-21-9-2-10-22-32,33-23-11-3-12-24-33)37-39(34-25-13-4-14-26-34,35-27-15-5-16-28-35)36-29-17-6-18-30-36;/h1-30,38H;1H. The van der Waals surface area contributed by atoms with Gasteiger partial charge in [-0.15, -0.1) is 12.4 Å². The van der Waals surface area contributed by atoms with Gasteiger partial charge < -0.3 is 0 Å². The Morgan fingerprint density at radius 3 is 0.800 bits per heavy atom. The Hall–Kier alpha value is -3.73. The van der Waals surface area contributed by atoms with Crippen LogP contribution in [0.5, 0.6) is 0 Å². The van der Waals surface area contributed by atoms with E-state index in [0.717, 1.165) is 0 Å². The first-order valence-corrected chi connectivity index (χ1v) is 17.0. The van der Waals surface area contributed by atoms with Gasteiger partial charge >= 0.3 is 233 Å². The molecule has 6 aromatic carbocycles. The van der Waals surface area contributed by atoms with Crippen LogP contribution in [-0.2, 0) is 0 Å². The van der Waals surface area contributed by atoms with E-state index in [4.69, 9.17) is 4.52 Å². The van der Waals surface area contributed by atoms with Crippen molar-refractivity contribution >= 4 is 58.7 Å². The van der Waals surface area contributed by atoms with E-state index in [2.05, 4.69) is 182 Å². The van der Waals surface area contributed by atoms with Crippen molar-refractivity contribution in [1.29, 1.82) is 0 Å². The first kappa shape index (κ1) is 27.8. The van der Waals surface area contributed by atoms with E-state index in [1.165, 1.54) is 31.8 Å². The first-order chi connectivity index (χ1) is 19.3. The Kier molecular flexibility index (Phi) is 8.78. The Morgan fingerprint density at radius 2 is 0.550 bits per heavy atom. The van der Waals surface area contributed by atoms with Crippen molar-refractivity contribution in [2.45, 2.75) is 0 Å². The van der Waals surface area contributed by atoms with Crippen molar-refractivity contribution in [3.05, 3.63) is 182 Å². The fourth-order valence-electron chi connectivity index (χ4n) is 5.49. The zero-order valence-electron chi connectivity index (χ0n) is 22.1. The molecule has 1 nitrogen and oxygen atoms in total. The monoisotopic (exact) mass is 575 g/mol. The molecule has 0 spiro atoms. The van der Waals surface area contributed by atoms with Crippen molar-refractivity contribution in [2.24, 2.45) is 4.52 Å². The van der Waals surface area contributed by atoms with Crippen LogP contribution in [0.25, 0.3) is 0 Å². The Morgan fingerprint density at radius 1 is 0.325 bits per heavy atom. The Balaban J connectivity index is 0.00000323. The molecule has 0 radical (unpaired) electrons. The third-order valence-corrected chi connectivity index (χ3v) is 16.3. The molecule has 0 unspecified atom stereocenters. The van der Waals surface area contributed by atoms with Gasteiger partial charge in [-0.25, -0.2) is 0 Å². The van der Waals surface area contributed by atoms with Crippen molar-refractivity contribution in [3.8, 4) is 0 Å². The van der Waals surface area contributed by atoms with E-state index in [-0.39, 0.29) is 12.4 Å². The van der Waals surface area contributed by atoms with Crippen LogP contribution in [0, 0.1) is 0 Å².